The Morgan fingerprint density at radius 1 is 1.30 bits per heavy atom. The van der Waals surface area contributed by atoms with Crippen LogP contribution >= 0.6 is 22.9 Å². The predicted octanol–water partition coefficient (Wildman–Crippen LogP) is 3.60. The lowest BCUT2D eigenvalue weighted by Gasteiger charge is -2.18. The van der Waals surface area contributed by atoms with E-state index in [1.165, 1.54) is 6.33 Å². The Bertz CT molecular complexity index is 914. The number of anilines is 1. The number of carbonyl (C=O) groups excluding carboxylic acids is 1. The molecule has 0 bridgehead atoms. The fraction of sp³-hybridized carbons (Fsp3) is 0.316. The molecule has 0 aliphatic heterocycles. The minimum Gasteiger partial charge on any atom is -0.385 e. The molecule has 0 fully saturated rings. The molecule has 0 unspecified atom stereocenters. The second kappa shape index (κ2) is 9.12. The number of ether oxygens (including phenoxy) is 1. The van der Waals surface area contributed by atoms with E-state index in [9.17, 15) is 4.79 Å². The molecule has 142 valence electrons. The van der Waals surface area contributed by atoms with Crippen molar-refractivity contribution in [1.82, 2.24) is 15.3 Å². The lowest BCUT2D eigenvalue weighted by Crippen LogP contribution is -2.36. The number of carbonyl (C=O) groups is 1. The Hall–Kier alpha value is -2.22. The highest BCUT2D eigenvalue weighted by Crippen LogP contribution is 2.36. The van der Waals surface area contributed by atoms with Crippen LogP contribution in [0.1, 0.15) is 6.42 Å². The van der Waals surface area contributed by atoms with Crippen LogP contribution in [0.15, 0.2) is 36.7 Å². The molecular formula is C19H21ClN4O2S. The molecule has 2 aromatic heterocycles. The SMILES string of the molecule is COCCCNC(=O)CN(C)c1ncnc2cc(-c3ccc(Cl)cc3)sc12. The molecule has 1 amide bonds. The van der Waals surface area contributed by atoms with Gasteiger partial charge in [0.05, 0.1) is 16.8 Å². The van der Waals surface area contributed by atoms with E-state index in [0.717, 1.165) is 32.9 Å². The molecule has 6 nitrogen and oxygen atoms in total. The van der Waals surface area contributed by atoms with Crippen molar-refractivity contribution in [2.75, 3.05) is 38.8 Å². The monoisotopic (exact) mass is 404 g/mol. The predicted molar refractivity (Wildman–Crippen MR) is 111 cm³/mol. The van der Waals surface area contributed by atoms with E-state index in [1.54, 1.807) is 18.4 Å². The lowest BCUT2D eigenvalue weighted by atomic mass is 10.2. The maximum atomic E-state index is 12.1. The van der Waals surface area contributed by atoms with Crippen LogP contribution in [0.2, 0.25) is 5.02 Å². The third kappa shape index (κ3) is 4.94. The van der Waals surface area contributed by atoms with Gasteiger partial charge in [-0.3, -0.25) is 4.79 Å². The summed E-state index contributed by atoms with van der Waals surface area (Å²) in [4.78, 5) is 23.8. The van der Waals surface area contributed by atoms with Gasteiger partial charge in [-0.15, -0.1) is 11.3 Å². The van der Waals surface area contributed by atoms with Crippen LogP contribution in [0.3, 0.4) is 0 Å². The average molecular weight is 405 g/mol. The zero-order chi connectivity index (χ0) is 19.2. The number of halogens is 1. The number of nitrogens with zero attached hydrogens (tertiary/aromatic N) is 3. The molecule has 0 aliphatic rings. The fourth-order valence-electron chi connectivity index (χ4n) is 2.66. The van der Waals surface area contributed by atoms with Gasteiger partial charge >= 0.3 is 0 Å². The smallest absolute Gasteiger partial charge is 0.239 e. The number of hydrogen-bond acceptors (Lipinski definition) is 6. The summed E-state index contributed by atoms with van der Waals surface area (Å²) in [6, 6.07) is 9.74. The van der Waals surface area contributed by atoms with Gasteiger partial charge in [0.1, 0.15) is 12.1 Å². The summed E-state index contributed by atoms with van der Waals surface area (Å²) in [7, 11) is 3.51. The first-order chi connectivity index (χ1) is 13.1. The molecule has 0 aliphatic carbocycles. The summed E-state index contributed by atoms with van der Waals surface area (Å²) in [5.74, 6) is 0.701. The van der Waals surface area contributed by atoms with Gasteiger partial charge in [0.15, 0.2) is 0 Å². The zero-order valence-electron chi connectivity index (χ0n) is 15.2. The molecule has 0 saturated heterocycles. The third-order valence-electron chi connectivity index (χ3n) is 4.01. The van der Waals surface area contributed by atoms with E-state index in [4.69, 9.17) is 16.3 Å². The Kier molecular flexibility index (Phi) is 6.60. The highest BCUT2D eigenvalue weighted by molar-refractivity contribution is 7.22. The van der Waals surface area contributed by atoms with Crippen molar-refractivity contribution < 1.29 is 9.53 Å². The largest absolute Gasteiger partial charge is 0.385 e. The van der Waals surface area contributed by atoms with Crippen LogP contribution < -0.4 is 10.2 Å². The van der Waals surface area contributed by atoms with E-state index in [1.807, 2.05) is 42.3 Å². The Labute approximate surface area is 167 Å². The minimum atomic E-state index is -0.0464. The first kappa shape index (κ1) is 19.5. The highest BCUT2D eigenvalue weighted by Gasteiger charge is 2.15. The maximum Gasteiger partial charge on any atom is 0.239 e. The van der Waals surface area contributed by atoms with Crippen molar-refractivity contribution in [3.63, 3.8) is 0 Å². The van der Waals surface area contributed by atoms with Crippen molar-refractivity contribution in [2.24, 2.45) is 0 Å². The number of aromatic nitrogens is 2. The number of nitrogens with one attached hydrogen (secondary N) is 1. The van der Waals surface area contributed by atoms with Crippen LogP contribution in [-0.2, 0) is 9.53 Å². The molecule has 1 aromatic carbocycles. The molecule has 3 rings (SSSR count). The molecule has 3 aromatic rings. The first-order valence-corrected chi connectivity index (χ1v) is 9.75. The molecule has 0 atom stereocenters. The van der Waals surface area contributed by atoms with Crippen molar-refractivity contribution in [3.8, 4) is 10.4 Å². The fourth-order valence-corrected chi connectivity index (χ4v) is 3.95. The topological polar surface area (TPSA) is 67.3 Å². The average Bonchev–Trinajstić information content (AvgIpc) is 3.10. The number of rotatable bonds is 8. The van der Waals surface area contributed by atoms with Gasteiger partial charge in [0, 0.05) is 37.2 Å². The summed E-state index contributed by atoms with van der Waals surface area (Å²) in [6.45, 7) is 1.46. The summed E-state index contributed by atoms with van der Waals surface area (Å²) in [5, 5.41) is 3.59. The summed E-state index contributed by atoms with van der Waals surface area (Å²) in [6.07, 6.45) is 2.32. The second-order valence-electron chi connectivity index (χ2n) is 6.08. The Balaban J connectivity index is 1.76. The Morgan fingerprint density at radius 2 is 2.07 bits per heavy atom. The molecule has 0 radical (unpaired) electrons. The van der Waals surface area contributed by atoms with E-state index in [2.05, 4.69) is 15.3 Å². The number of hydrogen-bond donors (Lipinski definition) is 1. The molecular weight excluding hydrogens is 384 g/mol. The van der Waals surface area contributed by atoms with Gasteiger partial charge in [0.2, 0.25) is 5.91 Å². The lowest BCUT2D eigenvalue weighted by molar-refractivity contribution is -0.119. The van der Waals surface area contributed by atoms with E-state index in [0.29, 0.717) is 18.2 Å². The van der Waals surface area contributed by atoms with Gasteiger partial charge in [-0.1, -0.05) is 23.7 Å². The van der Waals surface area contributed by atoms with E-state index >= 15 is 0 Å². The number of benzene rings is 1. The highest BCUT2D eigenvalue weighted by atomic mass is 35.5. The van der Waals surface area contributed by atoms with Crippen LogP contribution in [0, 0.1) is 0 Å². The summed E-state index contributed by atoms with van der Waals surface area (Å²) < 4.78 is 5.94. The van der Waals surface area contributed by atoms with E-state index < -0.39 is 0 Å². The van der Waals surface area contributed by atoms with Crippen molar-refractivity contribution in [2.45, 2.75) is 6.42 Å². The first-order valence-electron chi connectivity index (χ1n) is 8.55. The van der Waals surface area contributed by atoms with Gasteiger partial charge in [0.25, 0.3) is 0 Å². The summed E-state index contributed by atoms with van der Waals surface area (Å²) in [5.41, 5.74) is 1.94. The molecule has 27 heavy (non-hydrogen) atoms. The van der Waals surface area contributed by atoms with Crippen LogP contribution in [0.5, 0.6) is 0 Å². The van der Waals surface area contributed by atoms with Crippen molar-refractivity contribution in [3.05, 3.63) is 41.7 Å². The maximum absolute atomic E-state index is 12.1. The summed E-state index contributed by atoms with van der Waals surface area (Å²) >= 11 is 7.58. The van der Waals surface area contributed by atoms with Gasteiger partial charge in [-0.05, 0) is 30.2 Å². The standard InChI is InChI=1S/C19H21ClN4O2S/c1-24(11-17(25)21-8-3-9-26-2)19-18-15(22-12-23-19)10-16(27-18)13-4-6-14(20)7-5-13/h4-7,10,12H,3,8-9,11H2,1-2H3,(H,21,25). The number of thiophene rings is 1. The minimum absolute atomic E-state index is 0.0464. The number of methoxy groups -OCH3 is 1. The van der Waals surface area contributed by atoms with Gasteiger partial charge < -0.3 is 15.0 Å². The Morgan fingerprint density at radius 3 is 2.81 bits per heavy atom. The quantitative estimate of drug-likeness (QED) is 0.581. The normalized spacial score (nSPS) is 10.9. The molecule has 1 N–H and O–H groups in total. The molecule has 2 heterocycles. The number of fused-ring (bicyclic) bond motifs is 1. The van der Waals surface area contributed by atoms with Crippen LogP contribution in [0.4, 0.5) is 5.82 Å². The second-order valence-corrected chi connectivity index (χ2v) is 7.57. The van der Waals surface area contributed by atoms with E-state index in [-0.39, 0.29) is 12.5 Å². The molecule has 0 saturated carbocycles. The van der Waals surface area contributed by atoms with Gasteiger partial charge in [-0.2, -0.15) is 0 Å². The third-order valence-corrected chi connectivity index (χ3v) is 5.43. The van der Waals surface area contributed by atoms with Gasteiger partial charge in [-0.25, -0.2) is 9.97 Å². The number of likely N-dealkylation sites (N-methyl/N-ethyl adjacent to an activating group) is 1. The van der Waals surface area contributed by atoms with Crippen LogP contribution in [-0.4, -0.2) is 49.7 Å². The number of amides is 1. The van der Waals surface area contributed by atoms with Crippen molar-refractivity contribution >= 4 is 44.9 Å². The van der Waals surface area contributed by atoms with Crippen molar-refractivity contribution in [1.29, 1.82) is 0 Å². The molecule has 0 spiro atoms. The zero-order valence-corrected chi connectivity index (χ0v) is 16.8. The van der Waals surface area contributed by atoms with Crippen LogP contribution in [0.25, 0.3) is 20.7 Å². The molecule has 8 heteroatoms.